The molecule has 2 rings (SSSR count). The van der Waals surface area contributed by atoms with Crippen LogP contribution in [0.15, 0.2) is 47.4 Å². The van der Waals surface area contributed by atoms with E-state index in [2.05, 4.69) is 10.0 Å². The van der Waals surface area contributed by atoms with E-state index in [0.29, 0.717) is 11.6 Å². The Morgan fingerprint density at radius 3 is 2.37 bits per heavy atom. The first-order chi connectivity index (χ1) is 14.1. The highest BCUT2D eigenvalue weighted by atomic mass is 32.2. The summed E-state index contributed by atoms with van der Waals surface area (Å²) >= 11 is 0. The van der Waals surface area contributed by atoms with Crippen molar-refractivity contribution < 1.29 is 36.3 Å². The van der Waals surface area contributed by atoms with Crippen molar-refractivity contribution in [2.24, 2.45) is 0 Å². The molecule has 0 saturated carbocycles. The topological polar surface area (TPSA) is 111 Å². The largest absolute Gasteiger partial charge is 0.495 e. The molecule has 2 N–H and O–H groups in total. The van der Waals surface area contributed by atoms with E-state index in [0.717, 1.165) is 18.2 Å². The summed E-state index contributed by atoms with van der Waals surface area (Å²) in [6.07, 6.45) is 2.28. The number of anilines is 1. The summed E-state index contributed by atoms with van der Waals surface area (Å²) in [5, 5.41) is 2.19. The lowest BCUT2D eigenvalue weighted by Crippen LogP contribution is -2.20. The molecule has 0 aliphatic heterocycles. The van der Waals surface area contributed by atoms with Crippen molar-refractivity contribution in [3.8, 4) is 5.75 Å². The van der Waals surface area contributed by atoms with Gasteiger partial charge in [0.2, 0.25) is 10.0 Å². The number of ether oxygens (including phenoxy) is 2. The Hall–Kier alpha value is -3.31. The number of benzene rings is 2. The van der Waals surface area contributed by atoms with Crippen LogP contribution < -0.4 is 14.8 Å². The third-order valence-corrected chi connectivity index (χ3v) is 5.09. The minimum absolute atomic E-state index is 0.120. The number of halogens is 2. The molecule has 1 amide bonds. The molecule has 2 aromatic carbocycles. The summed E-state index contributed by atoms with van der Waals surface area (Å²) in [5.41, 5.74) is 0.238. The van der Waals surface area contributed by atoms with Crippen molar-refractivity contribution >= 4 is 33.7 Å². The summed E-state index contributed by atoms with van der Waals surface area (Å²) in [6, 6.07) is 6.68. The lowest BCUT2D eigenvalue weighted by atomic mass is 10.2. The number of hydrogen-bond acceptors (Lipinski definition) is 6. The average molecular weight is 440 g/mol. The van der Waals surface area contributed by atoms with Gasteiger partial charge in [-0.1, -0.05) is 6.07 Å². The molecule has 0 radical (unpaired) electrons. The number of hydrogen-bond donors (Lipinski definition) is 2. The first-order valence-electron chi connectivity index (χ1n) is 8.37. The van der Waals surface area contributed by atoms with Crippen molar-refractivity contribution in [2.45, 2.75) is 4.90 Å². The number of esters is 1. The molecule has 0 spiro atoms. The smallest absolute Gasteiger partial charge is 0.331 e. The first-order valence-corrected chi connectivity index (χ1v) is 9.85. The van der Waals surface area contributed by atoms with Gasteiger partial charge in [-0.25, -0.2) is 26.7 Å². The molecular weight excluding hydrogens is 422 g/mol. The molecule has 0 aromatic heterocycles. The number of methoxy groups -OCH3 is 1. The summed E-state index contributed by atoms with van der Waals surface area (Å²) in [5.74, 6) is -3.30. The predicted octanol–water partition coefficient (Wildman–Crippen LogP) is 2.08. The van der Waals surface area contributed by atoms with E-state index in [-0.39, 0.29) is 16.3 Å². The van der Waals surface area contributed by atoms with E-state index in [1.165, 1.54) is 38.4 Å². The van der Waals surface area contributed by atoms with Crippen molar-refractivity contribution in [3.05, 3.63) is 59.7 Å². The van der Waals surface area contributed by atoms with Crippen molar-refractivity contribution in [2.75, 3.05) is 26.1 Å². The Bertz CT molecular complexity index is 1070. The van der Waals surface area contributed by atoms with Crippen molar-refractivity contribution in [1.29, 1.82) is 0 Å². The van der Waals surface area contributed by atoms with Crippen molar-refractivity contribution in [1.82, 2.24) is 4.72 Å². The second-order valence-electron chi connectivity index (χ2n) is 5.77. The Morgan fingerprint density at radius 2 is 1.77 bits per heavy atom. The number of carbonyl (C=O) groups is 2. The van der Waals surface area contributed by atoms with E-state index >= 15 is 0 Å². The van der Waals surface area contributed by atoms with E-state index in [1.54, 1.807) is 0 Å². The van der Waals surface area contributed by atoms with Crippen LogP contribution in [-0.2, 0) is 24.3 Å². The zero-order chi connectivity index (χ0) is 22.3. The second-order valence-corrected chi connectivity index (χ2v) is 7.62. The van der Waals surface area contributed by atoms with E-state index < -0.39 is 40.1 Å². The van der Waals surface area contributed by atoms with Gasteiger partial charge in [0.15, 0.2) is 6.61 Å². The van der Waals surface area contributed by atoms with Crippen LogP contribution in [0.3, 0.4) is 0 Å². The Labute approximate surface area is 171 Å². The van der Waals surface area contributed by atoms with E-state index in [9.17, 15) is 26.8 Å². The third-order valence-electron chi connectivity index (χ3n) is 3.65. The molecule has 160 valence electrons. The maximum absolute atomic E-state index is 13.1. The molecule has 0 unspecified atom stereocenters. The highest BCUT2D eigenvalue weighted by Crippen LogP contribution is 2.25. The summed E-state index contributed by atoms with van der Waals surface area (Å²) in [7, 11) is -1.22. The van der Waals surface area contributed by atoms with Gasteiger partial charge in [-0.15, -0.1) is 0 Å². The molecule has 0 saturated heterocycles. The molecule has 0 atom stereocenters. The molecule has 0 heterocycles. The van der Waals surface area contributed by atoms with Gasteiger partial charge >= 0.3 is 5.97 Å². The lowest BCUT2D eigenvalue weighted by molar-refractivity contribution is -0.142. The van der Waals surface area contributed by atoms with Crippen LogP contribution in [0.5, 0.6) is 5.75 Å². The Morgan fingerprint density at radius 1 is 1.10 bits per heavy atom. The summed E-state index contributed by atoms with van der Waals surface area (Å²) in [6.45, 7) is -0.691. The van der Waals surface area contributed by atoms with E-state index in [4.69, 9.17) is 9.47 Å². The molecule has 2 aromatic rings. The van der Waals surface area contributed by atoms with E-state index in [1.807, 2.05) is 0 Å². The minimum Gasteiger partial charge on any atom is -0.495 e. The van der Waals surface area contributed by atoms with Gasteiger partial charge < -0.3 is 14.8 Å². The average Bonchev–Trinajstić information content (AvgIpc) is 2.69. The van der Waals surface area contributed by atoms with Crippen molar-refractivity contribution in [3.63, 3.8) is 0 Å². The molecular formula is C19H18F2N2O6S. The molecule has 0 aliphatic carbocycles. The molecule has 8 nitrogen and oxygen atoms in total. The fraction of sp³-hybridized carbons (Fsp3) is 0.158. The number of carbonyl (C=O) groups excluding carboxylic acids is 2. The number of amides is 1. The second kappa shape index (κ2) is 9.94. The van der Waals surface area contributed by atoms with Crippen LogP contribution >= 0.6 is 0 Å². The van der Waals surface area contributed by atoms with Crippen LogP contribution in [-0.4, -0.2) is 41.1 Å². The van der Waals surface area contributed by atoms with Crippen LogP contribution in [0.1, 0.15) is 5.56 Å². The maximum atomic E-state index is 13.1. The minimum atomic E-state index is -3.79. The maximum Gasteiger partial charge on any atom is 0.331 e. The summed E-state index contributed by atoms with van der Waals surface area (Å²) in [4.78, 5) is 23.4. The van der Waals surface area contributed by atoms with Crippen LogP contribution in [0, 0.1) is 11.6 Å². The third kappa shape index (κ3) is 6.36. The normalized spacial score (nSPS) is 11.3. The quantitative estimate of drug-likeness (QED) is 0.480. The number of nitrogens with one attached hydrogen (secondary N) is 2. The number of sulfonamides is 1. The lowest BCUT2D eigenvalue weighted by Gasteiger charge is -2.09. The Balaban J connectivity index is 1.99. The molecule has 0 bridgehead atoms. The first kappa shape index (κ1) is 23.0. The van der Waals surface area contributed by atoms with Gasteiger partial charge in [-0.2, -0.15) is 0 Å². The fourth-order valence-electron chi connectivity index (χ4n) is 2.29. The zero-order valence-electron chi connectivity index (χ0n) is 15.9. The zero-order valence-corrected chi connectivity index (χ0v) is 16.8. The van der Waals surface area contributed by atoms with Gasteiger partial charge in [-0.05, 0) is 43.0 Å². The SMILES string of the molecule is CNS(=O)(=O)c1cc(/C=C/C(=O)OCC(=O)Nc2cc(F)cc(F)c2)ccc1OC. The number of rotatable bonds is 8. The Kier molecular flexibility index (Phi) is 7.61. The van der Waals surface area contributed by atoms with Crippen LogP contribution in [0.2, 0.25) is 0 Å². The van der Waals surface area contributed by atoms with Crippen LogP contribution in [0.4, 0.5) is 14.5 Å². The predicted molar refractivity (Wildman–Crippen MR) is 104 cm³/mol. The molecule has 11 heteroatoms. The molecule has 30 heavy (non-hydrogen) atoms. The van der Waals surface area contributed by atoms with Gasteiger partial charge in [0.05, 0.1) is 7.11 Å². The summed E-state index contributed by atoms with van der Waals surface area (Å²) < 4.78 is 62.2. The monoisotopic (exact) mass is 440 g/mol. The van der Waals surface area contributed by atoms with Gasteiger partial charge in [-0.3, -0.25) is 4.79 Å². The standard InChI is InChI=1S/C19H18F2N2O6S/c1-22-30(26,27)17-7-12(3-5-16(17)28-2)4-6-19(25)29-11-18(24)23-15-9-13(20)8-14(21)10-15/h3-10,22H,11H2,1-2H3,(H,23,24)/b6-4+. The van der Waals surface area contributed by atoms with Crippen LogP contribution in [0.25, 0.3) is 6.08 Å². The fourth-order valence-corrected chi connectivity index (χ4v) is 3.22. The highest BCUT2D eigenvalue weighted by Gasteiger charge is 2.17. The highest BCUT2D eigenvalue weighted by molar-refractivity contribution is 7.89. The van der Waals surface area contributed by atoms with Gasteiger partial charge in [0.25, 0.3) is 5.91 Å². The molecule has 0 fully saturated rings. The molecule has 0 aliphatic rings. The van der Waals surface area contributed by atoms with Gasteiger partial charge in [0.1, 0.15) is 22.3 Å². The van der Waals surface area contributed by atoms with Gasteiger partial charge in [0, 0.05) is 17.8 Å².